The molecule has 0 radical (unpaired) electrons. The lowest BCUT2D eigenvalue weighted by Gasteiger charge is -2.14. The average molecular weight is 376 g/mol. The van der Waals surface area contributed by atoms with Gasteiger partial charge in [0, 0.05) is 18.3 Å². The fourth-order valence-corrected chi connectivity index (χ4v) is 3.22. The Morgan fingerprint density at radius 3 is 2.31 bits per heavy atom. The molecular formula is C18H20N2O5S. The summed E-state index contributed by atoms with van der Waals surface area (Å²) < 4.78 is 32.8. The Morgan fingerprint density at radius 1 is 1.08 bits per heavy atom. The van der Waals surface area contributed by atoms with Crippen LogP contribution in [-0.4, -0.2) is 33.3 Å². The van der Waals surface area contributed by atoms with Crippen molar-refractivity contribution in [2.24, 2.45) is 0 Å². The van der Waals surface area contributed by atoms with Gasteiger partial charge >= 0.3 is 0 Å². The van der Waals surface area contributed by atoms with Crippen LogP contribution in [0.25, 0.3) is 0 Å². The molecule has 0 bridgehead atoms. The first-order valence-electron chi connectivity index (χ1n) is 7.85. The van der Waals surface area contributed by atoms with Crippen molar-refractivity contribution in [1.82, 2.24) is 5.32 Å². The van der Waals surface area contributed by atoms with Crippen LogP contribution in [0, 0.1) is 0 Å². The zero-order valence-electron chi connectivity index (χ0n) is 14.6. The monoisotopic (exact) mass is 376 g/mol. The molecule has 0 spiro atoms. The van der Waals surface area contributed by atoms with Crippen LogP contribution in [0.1, 0.15) is 24.2 Å². The smallest absolute Gasteiger partial charge is 0.261 e. The standard InChI is InChI=1S/C18H20N2O5S/c1-12(21)14-5-4-6-15(11-14)20-26(23,24)17-9-7-16(8-10-17)25-13(2)18(22)19-3/h4-11,13,20H,1-3H3,(H,19,22)/t13-/m1/s1. The summed E-state index contributed by atoms with van der Waals surface area (Å²) in [6.45, 7) is 3.00. The molecule has 2 aromatic rings. The molecule has 0 saturated carbocycles. The average Bonchev–Trinajstić information content (AvgIpc) is 2.61. The number of anilines is 1. The van der Waals surface area contributed by atoms with Gasteiger partial charge in [0.1, 0.15) is 5.75 Å². The van der Waals surface area contributed by atoms with Gasteiger partial charge in [-0.05, 0) is 50.2 Å². The molecule has 26 heavy (non-hydrogen) atoms. The number of hydrogen-bond acceptors (Lipinski definition) is 5. The highest BCUT2D eigenvalue weighted by molar-refractivity contribution is 7.92. The van der Waals surface area contributed by atoms with E-state index < -0.39 is 16.1 Å². The van der Waals surface area contributed by atoms with E-state index in [-0.39, 0.29) is 16.6 Å². The molecule has 0 fully saturated rings. The summed E-state index contributed by atoms with van der Waals surface area (Å²) in [6, 6.07) is 12.0. The number of benzene rings is 2. The third-order valence-corrected chi connectivity index (χ3v) is 4.98. The van der Waals surface area contributed by atoms with Crippen LogP contribution in [0.3, 0.4) is 0 Å². The second kappa shape index (κ2) is 8.01. The van der Waals surface area contributed by atoms with Gasteiger partial charge in [0.2, 0.25) is 0 Å². The maximum Gasteiger partial charge on any atom is 0.261 e. The van der Waals surface area contributed by atoms with E-state index in [1.807, 2.05) is 0 Å². The van der Waals surface area contributed by atoms with Crippen LogP contribution in [0.5, 0.6) is 5.75 Å². The number of hydrogen-bond donors (Lipinski definition) is 2. The minimum Gasteiger partial charge on any atom is -0.481 e. The number of rotatable bonds is 7. The van der Waals surface area contributed by atoms with E-state index in [0.717, 1.165) is 0 Å². The maximum atomic E-state index is 12.5. The molecule has 7 nitrogen and oxygen atoms in total. The number of likely N-dealkylation sites (N-methyl/N-ethyl adjacent to an activating group) is 1. The minimum absolute atomic E-state index is 0.0330. The lowest BCUT2D eigenvalue weighted by atomic mass is 10.1. The highest BCUT2D eigenvalue weighted by Crippen LogP contribution is 2.21. The second-order valence-electron chi connectivity index (χ2n) is 5.59. The fraction of sp³-hybridized carbons (Fsp3) is 0.222. The van der Waals surface area contributed by atoms with Crippen LogP contribution < -0.4 is 14.8 Å². The first kappa shape index (κ1) is 19.5. The summed E-state index contributed by atoms with van der Waals surface area (Å²) in [4.78, 5) is 22.9. The molecule has 0 aromatic heterocycles. The van der Waals surface area contributed by atoms with Crippen molar-refractivity contribution >= 4 is 27.4 Å². The number of carbonyl (C=O) groups is 2. The van der Waals surface area contributed by atoms with Crippen LogP contribution >= 0.6 is 0 Å². The van der Waals surface area contributed by atoms with E-state index in [1.165, 1.54) is 44.3 Å². The lowest BCUT2D eigenvalue weighted by Crippen LogP contribution is -2.33. The van der Waals surface area contributed by atoms with E-state index in [2.05, 4.69) is 10.0 Å². The van der Waals surface area contributed by atoms with Crippen molar-refractivity contribution in [2.45, 2.75) is 24.8 Å². The van der Waals surface area contributed by atoms with E-state index >= 15 is 0 Å². The molecule has 8 heteroatoms. The van der Waals surface area contributed by atoms with E-state index in [9.17, 15) is 18.0 Å². The van der Waals surface area contributed by atoms with Crippen molar-refractivity contribution in [3.05, 3.63) is 54.1 Å². The summed E-state index contributed by atoms with van der Waals surface area (Å²) in [5, 5.41) is 2.47. The number of amides is 1. The van der Waals surface area contributed by atoms with E-state index in [4.69, 9.17) is 4.74 Å². The number of carbonyl (C=O) groups excluding carboxylic acids is 2. The SMILES string of the molecule is CNC(=O)[C@@H](C)Oc1ccc(S(=O)(=O)Nc2cccc(C(C)=O)c2)cc1. The molecule has 0 aliphatic rings. The third kappa shape index (κ3) is 4.82. The summed E-state index contributed by atoms with van der Waals surface area (Å²) in [5.74, 6) is -0.0647. The molecule has 0 saturated heterocycles. The normalized spacial score (nSPS) is 12.1. The van der Waals surface area contributed by atoms with Gasteiger partial charge in [0.05, 0.1) is 4.90 Å². The predicted octanol–water partition coefficient (Wildman–Crippen LogP) is 2.20. The Morgan fingerprint density at radius 2 is 1.73 bits per heavy atom. The first-order chi connectivity index (χ1) is 12.2. The zero-order valence-corrected chi connectivity index (χ0v) is 15.5. The van der Waals surface area contributed by atoms with Gasteiger partial charge in [-0.2, -0.15) is 0 Å². The number of nitrogens with one attached hydrogen (secondary N) is 2. The molecule has 138 valence electrons. The largest absolute Gasteiger partial charge is 0.481 e. The van der Waals surface area contributed by atoms with Crippen LogP contribution in [0.2, 0.25) is 0 Å². The van der Waals surface area contributed by atoms with E-state index in [0.29, 0.717) is 17.0 Å². The Hall–Kier alpha value is -2.87. The molecule has 0 unspecified atom stereocenters. The van der Waals surface area contributed by atoms with Crippen LogP contribution in [0.4, 0.5) is 5.69 Å². The van der Waals surface area contributed by atoms with Gasteiger partial charge in [-0.15, -0.1) is 0 Å². The van der Waals surface area contributed by atoms with Crippen LogP contribution in [-0.2, 0) is 14.8 Å². The van der Waals surface area contributed by atoms with Crippen molar-refractivity contribution < 1.29 is 22.7 Å². The summed E-state index contributed by atoms with van der Waals surface area (Å²) in [5.41, 5.74) is 0.711. The Bertz CT molecular complexity index is 907. The Labute approximate surface area is 152 Å². The van der Waals surface area contributed by atoms with Gasteiger partial charge < -0.3 is 10.1 Å². The van der Waals surface area contributed by atoms with Crippen molar-refractivity contribution in [2.75, 3.05) is 11.8 Å². The Kier molecular flexibility index (Phi) is 5.99. The second-order valence-corrected chi connectivity index (χ2v) is 7.27. The number of sulfonamides is 1. The molecule has 1 amide bonds. The van der Waals surface area contributed by atoms with Gasteiger partial charge in [-0.1, -0.05) is 12.1 Å². The number of ketones is 1. The van der Waals surface area contributed by atoms with Gasteiger partial charge in [0.25, 0.3) is 15.9 Å². The van der Waals surface area contributed by atoms with Gasteiger partial charge in [-0.25, -0.2) is 8.42 Å². The molecule has 0 heterocycles. The highest BCUT2D eigenvalue weighted by atomic mass is 32.2. The fourth-order valence-electron chi connectivity index (χ4n) is 2.17. The maximum absolute atomic E-state index is 12.5. The first-order valence-corrected chi connectivity index (χ1v) is 9.33. The predicted molar refractivity (Wildman–Crippen MR) is 97.9 cm³/mol. The number of ether oxygens (including phenoxy) is 1. The van der Waals surface area contributed by atoms with Gasteiger partial charge in [0.15, 0.2) is 11.9 Å². The molecule has 2 rings (SSSR count). The highest BCUT2D eigenvalue weighted by Gasteiger charge is 2.16. The zero-order chi connectivity index (χ0) is 19.3. The summed E-state index contributed by atoms with van der Waals surface area (Å²) in [7, 11) is -2.31. The molecule has 2 N–H and O–H groups in total. The molecule has 0 aliphatic heterocycles. The van der Waals surface area contributed by atoms with Crippen molar-refractivity contribution in [1.29, 1.82) is 0 Å². The van der Waals surface area contributed by atoms with Crippen molar-refractivity contribution in [3.63, 3.8) is 0 Å². The third-order valence-electron chi connectivity index (χ3n) is 3.58. The topological polar surface area (TPSA) is 102 Å². The van der Waals surface area contributed by atoms with E-state index in [1.54, 1.807) is 25.1 Å². The quantitative estimate of drug-likeness (QED) is 0.722. The van der Waals surface area contributed by atoms with Crippen LogP contribution in [0.15, 0.2) is 53.4 Å². The summed E-state index contributed by atoms with van der Waals surface area (Å²) in [6.07, 6.45) is -0.699. The molecule has 2 aromatic carbocycles. The molecular weight excluding hydrogens is 356 g/mol. The molecule has 1 atom stereocenters. The Balaban J connectivity index is 2.15. The van der Waals surface area contributed by atoms with Gasteiger partial charge in [-0.3, -0.25) is 14.3 Å². The van der Waals surface area contributed by atoms with Crippen molar-refractivity contribution in [3.8, 4) is 5.75 Å². The lowest BCUT2D eigenvalue weighted by molar-refractivity contribution is -0.126. The number of Topliss-reactive ketones (excluding diaryl/α,β-unsaturated/α-hetero) is 1. The molecule has 0 aliphatic carbocycles. The summed E-state index contributed by atoms with van der Waals surface area (Å²) >= 11 is 0. The minimum atomic E-state index is -3.82.